The van der Waals surface area contributed by atoms with Gasteiger partial charge in [-0.2, -0.15) is 0 Å². The maximum atomic E-state index is 12.3. The molecule has 0 radical (unpaired) electrons. The zero-order chi connectivity index (χ0) is 19.4. The van der Waals surface area contributed by atoms with Gasteiger partial charge in [-0.05, 0) is 30.3 Å². The lowest BCUT2D eigenvalue weighted by Gasteiger charge is -2.18. The van der Waals surface area contributed by atoms with Gasteiger partial charge >= 0.3 is 5.97 Å². The number of Topliss-reactive ketones (excluding diaryl/α,β-unsaturated/α-hetero) is 1. The van der Waals surface area contributed by atoms with Crippen molar-refractivity contribution in [1.82, 2.24) is 0 Å². The van der Waals surface area contributed by atoms with Gasteiger partial charge < -0.3 is 19.5 Å². The second-order valence-electron chi connectivity index (χ2n) is 5.60. The Morgan fingerprint density at radius 2 is 1.81 bits per heavy atom. The van der Waals surface area contributed by atoms with E-state index in [0.29, 0.717) is 30.3 Å². The molecule has 2 aromatic rings. The Balaban J connectivity index is 1.67. The Morgan fingerprint density at radius 3 is 2.52 bits per heavy atom. The lowest BCUT2D eigenvalue weighted by Crippen LogP contribution is -2.17. The molecule has 0 spiro atoms. The minimum absolute atomic E-state index is 0.0179. The van der Waals surface area contributed by atoms with E-state index in [4.69, 9.17) is 14.2 Å². The largest absolute Gasteiger partial charge is 0.486 e. The summed E-state index contributed by atoms with van der Waals surface area (Å²) in [4.78, 5) is 34.8. The molecule has 2 aromatic carbocycles. The van der Waals surface area contributed by atoms with Gasteiger partial charge in [-0.25, -0.2) is 4.79 Å². The van der Waals surface area contributed by atoms with Crippen molar-refractivity contribution in [2.75, 3.05) is 32.2 Å². The van der Waals surface area contributed by atoms with E-state index in [1.165, 1.54) is 25.2 Å². The second-order valence-corrected chi connectivity index (χ2v) is 5.60. The van der Waals surface area contributed by atoms with Crippen LogP contribution in [0.4, 0.5) is 11.4 Å². The van der Waals surface area contributed by atoms with E-state index in [-0.39, 0.29) is 16.9 Å². The van der Waals surface area contributed by atoms with Crippen LogP contribution in [0.5, 0.6) is 11.5 Å². The number of benzene rings is 2. The van der Waals surface area contributed by atoms with Crippen LogP contribution in [0.3, 0.4) is 0 Å². The Kier molecular flexibility index (Phi) is 5.20. The first-order valence-corrected chi connectivity index (χ1v) is 8.06. The highest BCUT2D eigenvalue weighted by Crippen LogP contribution is 2.31. The molecule has 3 rings (SSSR count). The Labute approximate surface area is 154 Å². The predicted molar refractivity (Wildman–Crippen MR) is 94.7 cm³/mol. The highest BCUT2D eigenvalue weighted by Gasteiger charge is 2.20. The molecule has 0 unspecified atom stereocenters. The topological polar surface area (TPSA) is 117 Å². The van der Waals surface area contributed by atoms with Crippen LogP contribution in [0.15, 0.2) is 36.4 Å². The van der Waals surface area contributed by atoms with Crippen LogP contribution in [-0.4, -0.2) is 43.5 Å². The predicted octanol–water partition coefficient (Wildman–Crippen LogP) is 2.45. The number of fused-ring (bicyclic) bond motifs is 1. The third-order valence-electron chi connectivity index (χ3n) is 3.90. The number of nitro benzene ring substituents is 1. The van der Waals surface area contributed by atoms with E-state index in [1.807, 2.05) is 0 Å². The number of esters is 1. The highest BCUT2D eigenvalue weighted by atomic mass is 16.6. The lowest BCUT2D eigenvalue weighted by atomic mass is 10.1. The van der Waals surface area contributed by atoms with Crippen molar-refractivity contribution in [1.29, 1.82) is 0 Å². The fraction of sp³-hybridized carbons (Fsp3) is 0.222. The molecule has 0 aliphatic carbocycles. The van der Waals surface area contributed by atoms with Crippen LogP contribution in [-0.2, 0) is 4.74 Å². The molecule has 9 nitrogen and oxygen atoms in total. The molecule has 1 N–H and O–H groups in total. The lowest BCUT2D eigenvalue weighted by molar-refractivity contribution is -0.384. The molecule has 0 fully saturated rings. The van der Waals surface area contributed by atoms with Crippen molar-refractivity contribution in [2.24, 2.45) is 0 Å². The third-order valence-corrected chi connectivity index (χ3v) is 3.90. The molecule has 9 heteroatoms. The van der Waals surface area contributed by atoms with E-state index < -0.39 is 23.3 Å². The number of rotatable bonds is 6. The summed E-state index contributed by atoms with van der Waals surface area (Å²) in [6.45, 7) is 0.331. The monoisotopic (exact) mass is 372 g/mol. The van der Waals surface area contributed by atoms with Crippen LogP contribution < -0.4 is 14.8 Å². The summed E-state index contributed by atoms with van der Waals surface area (Å²) in [7, 11) is 1.53. The summed E-state index contributed by atoms with van der Waals surface area (Å²) in [5.41, 5.74) is 0.299. The van der Waals surface area contributed by atoms with Crippen LogP contribution in [0, 0.1) is 10.1 Å². The zero-order valence-corrected chi connectivity index (χ0v) is 14.4. The average molecular weight is 372 g/mol. The van der Waals surface area contributed by atoms with Gasteiger partial charge in [0.05, 0.1) is 10.5 Å². The molecule has 1 aliphatic heterocycles. The second kappa shape index (κ2) is 7.73. The Bertz CT molecular complexity index is 911. The quantitative estimate of drug-likeness (QED) is 0.356. The standard InChI is InChI=1S/C18H16N2O7/c1-19-13-4-2-12(8-14(13)20(23)24)18(22)27-10-15(21)11-3-5-16-17(9-11)26-7-6-25-16/h2-5,8-9,19H,6-7,10H2,1H3. The van der Waals surface area contributed by atoms with Crippen molar-refractivity contribution in [3.05, 3.63) is 57.6 Å². The molecule has 140 valence electrons. The molecule has 0 aromatic heterocycles. The fourth-order valence-electron chi connectivity index (χ4n) is 2.54. The van der Waals surface area contributed by atoms with Crippen LogP contribution >= 0.6 is 0 Å². The van der Waals surface area contributed by atoms with E-state index in [0.717, 1.165) is 6.07 Å². The van der Waals surface area contributed by atoms with Crippen molar-refractivity contribution >= 4 is 23.1 Å². The minimum atomic E-state index is -0.827. The smallest absolute Gasteiger partial charge is 0.338 e. The average Bonchev–Trinajstić information content (AvgIpc) is 2.70. The maximum Gasteiger partial charge on any atom is 0.338 e. The SMILES string of the molecule is CNc1ccc(C(=O)OCC(=O)c2ccc3c(c2)OCCO3)cc1[N+](=O)[O-]. The van der Waals surface area contributed by atoms with E-state index in [1.54, 1.807) is 12.1 Å². The van der Waals surface area contributed by atoms with Gasteiger partial charge in [0.25, 0.3) is 5.69 Å². The van der Waals surface area contributed by atoms with Crippen molar-refractivity contribution in [3.8, 4) is 11.5 Å². The van der Waals surface area contributed by atoms with Gasteiger partial charge in [0.2, 0.25) is 0 Å². The summed E-state index contributed by atoms with van der Waals surface area (Å²) < 4.78 is 15.8. The van der Waals surface area contributed by atoms with Crippen molar-refractivity contribution < 1.29 is 28.7 Å². The first kappa shape index (κ1) is 18.2. The first-order valence-electron chi connectivity index (χ1n) is 8.06. The molecular weight excluding hydrogens is 356 g/mol. The molecule has 1 heterocycles. The molecule has 0 atom stereocenters. The van der Waals surface area contributed by atoms with Crippen molar-refractivity contribution in [3.63, 3.8) is 0 Å². The highest BCUT2D eigenvalue weighted by molar-refractivity contribution is 6.00. The number of nitrogens with one attached hydrogen (secondary N) is 1. The number of ketones is 1. The molecule has 0 saturated heterocycles. The molecular formula is C18H16N2O7. The number of carbonyl (C=O) groups excluding carboxylic acids is 2. The summed E-state index contributed by atoms with van der Waals surface area (Å²) in [5, 5.41) is 13.7. The summed E-state index contributed by atoms with van der Waals surface area (Å²) in [5.74, 6) is -0.253. The Morgan fingerprint density at radius 1 is 1.11 bits per heavy atom. The number of hydrogen-bond donors (Lipinski definition) is 1. The van der Waals surface area contributed by atoms with Gasteiger partial charge in [0.15, 0.2) is 23.9 Å². The van der Waals surface area contributed by atoms with Crippen LogP contribution in [0.25, 0.3) is 0 Å². The van der Waals surface area contributed by atoms with E-state index >= 15 is 0 Å². The number of carbonyl (C=O) groups is 2. The molecule has 27 heavy (non-hydrogen) atoms. The normalized spacial score (nSPS) is 12.2. The number of anilines is 1. The van der Waals surface area contributed by atoms with Gasteiger partial charge in [-0.3, -0.25) is 14.9 Å². The zero-order valence-electron chi connectivity index (χ0n) is 14.4. The maximum absolute atomic E-state index is 12.3. The van der Waals surface area contributed by atoms with Crippen LogP contribution in [0.1, 0.15) is 20.7 Å². The summed E-state index contributed by atoms with van der Waals surface area (Å²) in [6, 6.07) is 8.58. The van der Waals surface area contributed by atoms with Gasteiger partial charge in [-0.15, -0.1) is 0 Å². The fourth-order valence-corrected chi connectivity index (χ4v) is 2.54. The van der Waals surface area contributed by atoms with Gasteiger partial charge in [0.1, 0.15) is 18.9 Å². The number of hydrogen-bond acceptors (Lipinski definition) is 8. The van der Waals surface area contributed by atoms with Crippen molar-refractivity contribution in [2.45, 2.75) is 0 Å². The number of ether oxygens (including phenoxy) is 3. The third kappa shape index (κ3) is 3.97. The molecule has 0 amide bonds. The number of nitro groups is 1. The van der Waals surface area contributed by atoms with Gasteiger partial charge in [-0.1, -0.05) is 0 Å². The van der Waals surface area contributed by atoms with E-state index in [9.17, 15) is 19.7 Å². The van der Waals surface area contributed by atoms with Gasteiger partial charge in [0, 0.05) is 18.7 Å². The minimum Gasteiger partial charge on any atom is -0.486 e. The summed E-state index contributed by atoms with van der Waals surface area (Å²) in [6.07, 6.45) is 0. The van der Waals surface area contributed by atoms with E-state index in [2.05, 4.69) is 5.32 Å². The molecule has 1 aliphatic rings. The Hall–Kier alpha value is -3.62. The molecule has 0 saturated carbocycles. The van der Waals surface area contributed by atoms with Crippen LogP contribution in [0.2, 0.25) is 0 Å². The number of nitrogens with zero attached hydrogens (tertiary/aromatic N) is 1. The molecule has 0 bridgehead atoms. The first-order chi connectivity index (χ1) is 13.0. The summed E-state index contributed by atoms with van der Waals surface area (Å²) >= 11 is 0.